The van der Waals surface area contributed by atoms with Gasteiger partial charge in [-0.25, -0.2) is 0 Å². The fourth-order valence-electron chi connectivity index (χ4n) is 0.711. The van der Waals surface area contributed by atoms with Gasteiger partial charge in [0.25, 0.3) is 5.91 Å². The molecule has 1 N–H and O–H groups in total. The topological polar surface area (TPSA) is 74.8 Å². The molecule has 0 unspecified atom stereocenters. The van der Waals surface area contributed by atoms with Gasteiger partial charge in [-0.2, -0.15) is 5.10 Å². The molecule has 0 saturated heterocycles. The lowest BCUT2D eigenvalue weighted by molar-refractivity contribution is 0.0949. The summed E-state index contributed by atoms with van der Waals surface area (Å²) < 4.78 is 0. The molecule has 0 saturated carbocycles. The molecule has 12 heavy (non-hydrogen) atoms. The number of carbonyl (C=O) groups is 1. The third kappa shape index (κ3) is 1.91. The highest BCUT2D eigenvalue weighted by atomic mass is 16.3. The number of carbonyl (C=O) groups excluding carboxylic acids is 1. The largest absolute Gasteiger partial charge is 0.351 e. The molecule has 63 valence electrons. The molecule has 0 aliphatic carbocycles. The van der Waals surface area contributed by atoms with Crippen molar-refractivity contribution in [1.29, 1.82) is 0 Å². The molecular formula is C7H8N3O2. The van der Waals surface area contributed by atoms with E-state index in [1.54, 1.807) is 6.92 Å². The van der Waals surface area contributed by atoms with E-state index in [1.165, 1.54) is 0 Å². The van der Waals surface area contributed by atoms with Crippen molar-refractivity contribution in [1.82, 2.24) is 15.5 Å². The van der Waals surface area contributed by atoms with E-state index in [9.17, 15) is 9.90 Å². The van der Waals surface area contributed by atoms with E-state index >= 15 is 0 Å². The molecule has 5 heteroatoms. The maximum absolute atomic E-state index is 11.0. The van der Waals surface area contributed by atoms with E-state index < -0.39 is 0 Å². The van der Waals surface area contributed by atoms with Crippen LogP contribution in [-0.4, -0.2) is 22.6 Å². The Morgan fingerprint density at radius 2 is 2.42 bits per heavy atom. The van der Waals surface area contributed by atoms with Crippen LogP contribution in [0.1, 0.15) is 17.4 Å². The molecule has 1 amide bonds. The normalized spacial score (nSPS) is 9.42. The number of hydrogen-bond acceptors (Lipinski definition) is 3. The standard InChI is InChI=1S/C7H8N3O2/c1-2-8-7(12)6-3-5(11)4-9-10-6/h3-4H,2H2,1H3,(H,8,12). The van der Waals surface area contributed by atoms with Crippen LogP contribution in [0.4, 0.5) is 0 Å². The van der Waals surface area contributed by atoms with Crippen LogP contribution in [0.15, 0.2) is 12.3 Å². The van der Waals surface area contributed by atoms with E-state index in [4.69, 9.17) is 0 Å². The second-order valence-electron chi connectivity index (χ2n) is 2.14. The van der Waals surface area contributed by atoms with Crippen molar-refractivity contribution in [2.75, 3.05) is 6.54 Å². The molecule has 1 heterocycles. The molecule has 0 aromatic carbocycles. The monoisotopic (exact) mass is 166 g/mol. The summed E-state index contributed by atoms with van der Waals surface area (Å²) in [6, 6.07) is 1.15. The quantitative estimate of drug-likeness (QED) is 0.689. The lowest BCUT2D eigenvalue weighted by Gasteiger charge is -1.98. The Labute approximate surface area is 69.4 Å². The number of nitrogens with zero attached hydrogens (tertiary/aromatic N) is 2. The first kappa shape index (κ1) is 8.45. The summed E-state index contributed by atoms with van der Waals surface area (Å²) in [4.78, 5) is 11.0. The van der Waals surface area contributed by atoms with Crippen molar-refractivity contribution >= 4 is 5.91 Å². The molecule has 0 spiro atoms. The number of nitrogens with one attached hydrogen (secondary N) is 1. The van der Waals surface area contributed by atoms with Crippen LogP contribution >= 0.6 is 0 Å². The van der Waals surface area contributed by atoms with Crippen LogP contribution in [0, 0.1) is 0 Å². The van der Waals surface area contributed by atoms with E-state index in [0.717, 1.165) is 12.3 Å². The average molecular weight is 166 g/mol. The third-order valence-electron chi connectivity index (χ3n) is 1.20. The van der Waals surface area contributed by atoms with Gasteiger partial charge in [-0.15, -0.1) is 5.10 Å². The van der Waals surface area contributed by atoms with Crippen molar-refractivity contribution < 1.29 is 9.90 Å². The summed E-state index contributed by atoms with van der Waals surface area (Å²) in [5.74, 6) is -0.686. The minimum absolute atomic E-state index is 0.0596. The van der Waals surface area contributed by atoms with E-state index in [2.05, 4.69) is 15.5 Å². The lowest BCUT2D eigenvalue weighted by Crippen LogP contribution is -2.23. The number of hydrogen-bond donors (Lipinski definition) is 1. The van der Waals surface area contributed by atoms with Gasteiger partial charge in [-0.05, 0) is 6.92 Å². The lowest BCUT2D eigenvalue weighted by atomic mass is 10.3. The molecular weight excluding hydrogens is 158 g/mol. The van der Waals surface area contributed by atoms with E-state index in [1.807, 2.05) is 0 Å². The van der Waals surface area contributed by atoms with Crippen molar-refractivity contribution in [3.63, 3.8) is 0 Å². The molecule has 1 rings (SSSR count). The first-order valence-corrected chi connectivity index (χ1v) is 3.52. The Morgan fingerprint density at radius 1 is 1.67 bits per heavy atom. The zero-order valence-corrected chi connectivity index (χ0v) is 6.57. The number of rotatable bonds is 2. The zero-order valence-electron chi connectivity index (χ0n) is 6.57. The van der Waals surface area contributed by atoms with Crippen LogP contribution < -0.4 is 5.32 Å². The Balaban J connectivity index is 2.81. The van der Waals surface area contributed by atoms with Crippen molar-refractivity contribution in [2.24, 2.45) is 0 Å². The maximum atomic E-state index is 11.0. The van der Waals surface area contributed by atoms with Gasteiger partial charge in [0.05, 0.1) is 6.20 Å². The Morgan fingerprint density at radius 3 is 3.00 bits per heavy atom. The second-order valence-corrected chi connectivity index (χ2v) is 2.14. The summed E-state index contributed by atoms with van der Waals surface area (Å²) in [6.07, 6.45) is 1.06. The first-order valence-electron chi connectivity index (χ1n) is 3.52. The highest BCUT2D eigenvalue weighted by Gasteiger charge is 2.06. The molecule has 0 atom stereocenters. The van der Waals surface area contributed by atoms with Crippen LogP contribution in [0.2, 0.25) is 0 Å². The van der Waals surface area contributed by atoms with Crippen molar-refractivity contribution in [3.05, 3.63) is 18.0 Å². The average Bonchev–Trinajstić information content (AvgIpc) is 2.05. The molecule has 1 aromatic heterocycles. The zero-order chi connectivity index (χ0) is 8.97. The third-order valence-corrected chi connectivity index (χ3v) is 1.20. The summed E-state index contributed by atoms with van der Waals surface area (Å²) in [5, 5.41) is 20.1. The highest BCUT2D eigenvalue weighted by Crippen LogP contribution is 2.06. The molecule has 0 aliphatic heterocycles. The van der Waals surface area contributed by atoms with Gasteiger partial charge in [0, 0.05) is 12.6 Å². The minimum Gasteiger partial charge on any atom is -0.351 e. The van der Waals surface area contributed by atoms with E-state index in [-0.39, 0.29) is 17.4 Å². The fourth-order valence-corrected chi connectivity index (χ4v) is 0.711. The molecule has 1 aromatic rings. The molecule has 0 fully saturated rings. The van der Waals surface area contributed by atoms with E-state index in [0.29, 0.717) is 6.54 Å². The minimum atomic E-state index is -0.372. The Bertz CT molecular complexity index is 288. The Kier molecular flexibility index (Phi) is 2.57. The van der Waals surface area contributed by atoms with Gasteiger partial charge < -0.3 is 5.32 Å². The first-order chi connectivity index (χ1) is 5.74. The molecule has 5 nitrogen and oxygen atoms in total. The van der Waals surface area contributed by atoms with Crippen LogP contribution in [0.25, 0.3) is 0 Å². The van der Waals surface area contributed by atoms with Gasteiger partial charge in [-0.1, -0.05) is 0 Å². The maximum Gasteiger partial charge on any atom is 0.271 e. The number of amides is 1. The Hall–Kier alpha value is -1.65. The van der Waals surface area contributed by atoms with Gasteiger partial charge in [0.15, 0.2) is 5.69 Å². The van der Waals surface area contributed by atoms with Gasteiger partial charge in [0.2, 0.25) is 5.75 Å². The molecule has 1 radical (unpaired) electrons. The molecule has 0 bridgehead atoms. The van der Waals surface area contributed by atoms with Crippen molar-refractivity contribution in [3.8, 4) is 5.75 Å². The van der Waals surface area contributed by atoms with Crippen LogP contribution in [-0.2, 0) is 5.11 Å². The summed E-state index contributed by atoms with van der Waals surface area (Å²) >= 11 is 0. The van der Waals surface area contributed by atoms with Gasteiger partial charge in [-0.3, -0.25) is 9.90 Å². The predicted molar refractivity (Wildman–Crippen MR) is 40.2 cm³/mol. The number of aromatic nitrogens is 2. The van der Waals surface area contributed by atoms with Gasteiger partial charge in [0.1, 0.15) is 0 Å². The van der Waals surface area contributed by atoms with Crippen molar-refractivity contribution in [2.45, 2.75) is 6.92 Å². The summed E-state index contributed by atoms with van der Waals surface area (Å²) in [6.45, 7) is 2.29. The fraction of sp³-hybridized carbons (Fsp3) is 0.286. The summed E-state index contributed by atoms with van der Waals surface area (Å²) in [5.41, 5.74) is 0.0596. The molecule has 0 aliphatic rings. The highest BCUT2D eigenvalue weighted by molar-refractivity contribution is 5.92. The summed E-state index contributed by atoms with van der Waals surface area (Å²) in [7, 11) is 0. The predicted octanol–water partition coefficient (Wildman–Crippen LogP) is 0.370. The SMILES string of the molecule is CCNC(=O)c1cc([O])cnn1. The second kappa shape index (κ2) is 3.66. The van der Waals surface area contributed by atoms with Crippen LogP contribution in [0.5, 0.6) is 5.75 Å². The van der Waals surface area contributed by atoms with Gasteiger partial charge >= 0.3 is 0 Å². The van der Waals surface area contributed by atoms with Crippen LogP contribution in [0.3, 0.4) is 0 Å². The smallest absolute Gasteiger partial charge is 0.271 e.